The van der Waals surface area contributed by atoms with Gasteiger partial charge in [-0.05, 0) is 49.1 Å². The third-order valence-electron chi connectivity index (χ3n) is 4.96. The number of halogens is 2. The first-order valence-corrected chi connectivity index (χ1v) is 12.2. The second-order valence-electron chi connectivity index (χ2n) is 7.00. The number of carbonyl (C=O) groups excluding carboxylic acids is 1. The molecule has 0 unspecified atom stereocenters. The highest BCUT2D eigenvalue weighted by Crippen LogP contribution is 2.28. The van der Waals surface area contributed by atoms with Crippen molar-refractivity contribution in [1.82, 2.24) is 14.8 Å². The predicted molar refractivity (Wildman–Crippen MR) is 131 cm³/mol. The summed E-state index contributed by atoms with van der Waals surface area (Å²) in [5, 5.41) is 13.2. The van der Waals surface area contributed by atoms with Crippen molar-refractivity contribution in [3.63, 3.8) is 0 Å². The van der Waals surface area contributed by atoms with Crippen LogP contribution in [-0.4, -0.2) is 26.4 Å². The number of aromatic nitrogens is 3. The molecule has 0 atom stereocenters. The first-order valence-electron chi connectivity index (χ1n) is 10.5. The molecule has 6 nitrogen and oxygen atoms in total. The van der Waals surface area contributed by atoms with Gasteiger partial charge < -0.3 is 14.6 Å². The minimum absolute atomic E-state index is 0.0676. The number of carbonyl (C=O) groups is 1. The van der Waals surface area contributed by atoms with E-state index in [2.05, 4.69) is 41.5 Å². The molecule has 0 saturated carbocycles. The Hall–Kier alpha value is -2.22. The van der Waals surface area contributed by atoms with E-state index < -0.39 is 0 Å². The Morgan fingerprint density at radius 2 is 1.81 bits per heavy atom. The lowest BCUT2D eigenvalue weighted by Crippen LogP contribution is -2.17. The number of para-hydroxylation sites is 1. The lowest BCUT2D eigenvalue weighted by Gasteiger charge is -2.14. The van der Waals surface area contributed by atoms with Crippen molar-refractivity contribution < 1.29 is 9.53 Å². The molecule has 0 saturated heterocycles. The summed E-state index contributed by atoms with van der Waals surface area (Å²) >= 11 is 13.4. The molecule has 9 heteroatoms. The molecule has 1 heterocycles. The fourth-order valence-corrected chi connectivity index (χ4v) is 4.58. The van der Waals surface area contributed by atoms with Crippen molar-refractivity contribution >= 4 is 46.6 Å². The van der Waals surface area contributed by atoms with Gasteiger partial charge in [0.1, 0.15) is 12.4 Å². The van der Waals surface area contributed by atoms with E-state index in [0.717, 1.165) is 29.7 Å². The van der Waals surface area contributed by atoms with Crippen LogP contribution < -0.4 is 10.1 Å². The average Bonchev–Trinajstić information content (AvgIpc) is 3.19. The van der Waals surface area contributed by atoms with Crippen LogP contribution in [0.15, 0.2) is 41.6 Å². The molecule has 0 spiro atoms. The molecule has 32 heavy (non-hydrogen) atoms. The quantitative estimate of drug-likeness (QED) is 0.349. The topological polar surface area (TPSA) is 69.0 Å². The van der Waals surface area contributed by atoms with E-state index >= 15 is 0 Å². The summed E-state index contributed by atoms with van der Waals surface area (Å²) in [6.07, 6.45) is 1.73. The molecular weight excluding hydrogens is 467 g/mol. The minimum Gasteiger partial charge on any atom is -0.484 e. The Labute approximate surface area is 202 Å². The van der Waals surface area contributed by atoms with E-state index in [0.29, 0.717) is 33.3 Å². The standard InChI is InChI=1S/C23H26Cl2N4O2S/c1-4-15-8-7-9-16(5-2)22(15)26-21(30)14-32-23-28-27-20(29(23)6-3)13-31-19-11-10-17(24)12-18(19)25/h7-12H,4-6,13-14H2,1-3H3,(H,26,30). The molecule has 1 N–H and O–H groups in total. The van der Waals surface area contributed by atoms with Crippen LogP contribution in [0.3, 0.4) is 0 Å². The second-order valence-corrected chi connectivity index (χ2v) is 8.79. The molecule has 170 valence electrons. The zero-order valence-corrected chi connectivity index (χ0v) is 20.7. The number of nitrogens with one attached hydrogen (secondary N) is 1. The summed E-state index contributed by atoms with van der Waals surface area (Å²) in [5.41, 5.74) is 3.20. The molecule has 0 fully saturated rings. The smallest absolute Gasteiger partial charge is 0.234 e. The maximum atomic E-state index is 12.7. The third kappa shape index (κ3) is 5.97. The maximum absolute atomic E-state index is 12.7. The summed E-state index contributed by atoms with van der Waals surface area (Å²) in [5.74, 6) is 1.35. The van der Waals surface area contributed by atoms with Gasteiger partial charge in [-0.2, -0.15) is 0 Å². The second kappa shape index (κ2) is 11.6. The number of aryl methyl sites for hydroxylation is 2. The lowest BCUT2D eigenvalue weighted by atomic mass is 10.0. The Bertz CT molecular complexity index is 1070. The number of hydrogen-bond acceptors (Lipinski definition) is 5. The Balaban J connectivity index is 1.63. The van der Waals surface area contributed by atoms with E-state index in [1.807, 2.05) is 17.6 Å². The van der Waals surface area contributed by atoms with Crippen LogP contribution in [0.5, 0.6) is 5.75 Å². The van der Waals surface area contributed by atoms with Crippen molar-refractivity contribution in [2.45, 2.75) is 51.9 Å². The van der Waals surface area contributed by atoms with Gasteiger partial charge in [-0.15, -0.1) is 10.2 Å². The lowest BCUT2D eigenvalue weighted by molar-refractivity contribution is -0.113. The molecule has 3 rings (SSSR count). The summed E-state index contributed by atoms with van der Waals surface area (Å²) < 4.78 is 7.72. The summed E-state index contributed by atoms with van der Waals surface area (Å²) in [4.78, 5) is 12.7. The third-order valence-corrected chi connectivity index (χ3v) is 6.45. The van der Waals surface area contributed by atoms with E-state index in [1.54, 1.807) is 18.2 Å². The molecule has 3 aromatic rings. The number of nitrogens with zero attached hydrogens (tertiary/aromatic N) is 3. The zero-order valence-electron chi connectivity index (χ0n) is 18.3. The molecule has 0 bridgehead atoms. The van der Waals surface area contributed by atoms with Crippen molar-refractivity contribution in [3.05, 3.63) is 63.4 Å². The van der Waals surface area contributed by atoms with Gasteiger partial charge in [0.25, 0.3) is 0 Å². The van der Waals surface area contributed by atoms with Gasteiger partial charge in [-0.1, -0.05) is 67.0 Å². The van der Waals surface area contributed by atoms with E-state index in [1.165, 1.54) is 11.8 Å². The summed E-state index contributed by atoms with van der Waals surface area (Å²) in [7, 11) is 0. The Morgan fingerprint density at radius 1 is 1.09 bits per heavy atom. The number of rotatable bonds is 10. The monoisotopic (exact) mass is 492 g/mol. The predicted octanol–water partition coefficient (Wildman–Crippen LogP) is 6.04. The van der Waals surface area contributed by atoms with Gasteiger partial charge in [-0.25, -0.2) is 0 Å². The first kappa shape index (κ1) is 24.4. The van der Waals surface area contributed by atoms with Crippen molar-refractivity contribution in [1.29, 1.82) is 0 Å². The summed E-state index contributed by atoms with van der Waals surface area (Å²) in [6, 6.07) is 11.2. The van der Waals surface area contributed by atoms with Gasteiger partial charge in [0.15, 0.2) is 11.0 Å². The Morgan fingerprint density at radius 3 is 2.44 bits per heavy atom. The number of ether oxygens (including phenoxy) is 1. The minimum atomic E-state index is -0.0676. The number of anilines is 1. The number of hydrogen-bond donors (Lipinski definition) is 1. The van der Waals surface area contributed by atoms with Gasteiger partial charge >= 0.3 is 0 Å². The molecule has 1 aromatic heterocycles. The molecule has 2 aromatic carbocycles. The molecule has 0 aliphatic heterocycles. The average molecular weight is 493 g/mol. The summed E-state index contributed by atoms with van der Waals surface area (Å²) in [6.45, 7) is 7.03. The van der Waals surface area contributed by atoms with Gasteiger partial charge in [0, 0.05) is 17.3 Å². The van der Waals surface area contributed by atoms with E-state index in [4.69, 9.17) is 27.9 Å². The fraction of sp³-hybridized carbons (Fsp3) is 0.348. The molecule has 0 aliphatic rings. The van der Waals surface area contributed by atoms with Crippen molar-refractivity contribution in [2.75, 3.05) is 11.1 Å². The highest BCUT2D eigenvalue weighted by Gasteiger charge is 2.16. The van der Waals surface area contributed by atoms with Gasteiger partial charge in [-0.3, -0.25) is 4.79 Å². The molecular formula is C23H26Cl2N4O2S. The molecule has 0 aliphatic carbocycles. The number of benzene rings is 2. The number of amides is 1. The van der Waals surface area contributed by atoms with Gasteiger partial charge in [0.2, 0.25) is 5.91 Å². The SMILES string of the molecule is CCc1cccc(CC)c1NC(=O)CSc1nnc(COc2ccc(Cl)cc2Cl)n1CC. The van der Waals surface area contributed by atoms with Crippen LogP contribution in [-0.2, 0) is 30.8 Å². The molecule has 1 amide bonds. The van der Waals surface area contributed by atoms with Crippen molar-refractivity contribution in [3.8, 4) is 5.75 Å². The van der Waals surface area contributed by atoms with Crippen LogP contribution in [0.4, 0.5) is 5.69 Å². The zero-order chi connectivity index (χ0) is 23.1. The van der Waals surface area contributed by atoms with Gasteiger partial charge in [0.05, 0.1) is 10.8 Å². The van der Waals surface area contributed by atoms with Crippen LogP contribution in [0.25, 0.3) is 0 Å². The maximum Gasteiger partial charge on any atom is 0.234 e. The highest BCUT2D eigenvalue weighted by molar-refractivity contribution is 7.99. The van der Waals surface area contributed by atoms with Crippen LogP contribution in [0, 0.1) is 0 Å². The van der Waals surface area contributed by atoms with E-state index in [-0.39, 0.29) is 18.3 Å². The van der Waals surface area contributed by atoms with E-state index in [9.17, 15) is 4.79 Å². The first-order chi connectivity index (χ1) is 15.5. The Kier molecular flexibility index (Phi) is 8.84. The largest absolute Gasteiger partial charge is 0.484 e. The fourth-order valence-electron chi connectivity index (χ4n) is 3.29. The van der Waals surface area contributed by atoms with Crippen LogP contribution >= 0.6 is 35.0 Å². The molecule has 0 radical (unpaired) electrons. The van der Waals surface area contributed by atoms with Crippen molar-refractivity contribution in [2.24, 2.45) is 0 Å². The van der Waals surface area contributed by atoms with Crippen LogP contribution in [0.1, 0.15) is 37.7 Å². The highest BCUT2D eigenvalue weighted by atomic mass is 35.5. The van der Waals surface area contributed by atoms with Crippen LogP contribution in [0.2, 0.25) is 10.0 Å². The normalized spacial score (nSPS) is 10.9. The number of thioether (sulfide) groups is 1.